The summed E-state index contributed by atoms with van der Waals surface area (Å²) in [5.74, 6) is 0.286. The van der Waals surface area contributed by atoms with Crippen LogP contribution in [0.3, 0.4) is 0 Å². The molecule has 1 aromatic carbocycles. The first-order valence-corrected chi connectivity index (χ1v) is 5.71. The van der Waals surface area contributed by atoms with Crippen molar-refractivity contribution in [1.29, 1.82) is 0 Å². The molecule has 0 amide bonds. The zero-order valence-electron chi connectivity index (χ0n) is 10.4. The number of rotatable bonds is 5. The highest BCUT2D eigenvalue weighted by molar-refractivity contribution is 5.75. The highest BCUT2D eigenvalue weighted by Crippen LogP contribution is 2.30. The van der Waals surface area contributed by atoms with Crippen LogP contribution >= 0.6 is 0 Å². The summed E-state index contributed by atoms with van der Waals surface area (Å²) in [6.45, 7) is 3.89. The summed E-state index contributed by atoms with van der Waals surface area (Å²) in [5.41, 5.74) is 0. The third-order valence-corrected chi connectivity index (χ3v) is 2.69. The average molecular weight is 238 g/mol. The molecule has 4 heteroatoms. The minimum Gasteiger partial charge on any atom is -0.504 e. The van der Waals surface area contributed by atoms with Gasteiger partial charge in [-0.3, -0.25) is 4.79 Å². The SMILES string of the molecule is CCC(CC)C(=O)Oc1ccc(OC)c(O)c1. The van der Waals surface area contributed by atoms with Crippen molar-refractivity contribution in [2.45, 2.75) is 26.7 Å². The van der Waals surface area contributed by atoms with E-state index in [2.05, 4.69) is 0 Å². The van der Waals surface area contributed by atoms with Crippen LogP contribution in [-0.4, -0.2) is 18.2 Å². The van der Waals surface area contributed by atoms with Crippen molar-refractivity contribution < 1.29 is 19.4 Å². The molecule has 0 saturated carbocycles. The summed E-state index contributed by atoms with van der Waals surface area (Å²) in [4.78, 5) is 11.7. The molecular formula is C13H18O4. The Hall–Kier alpha value is -1.71. The minimum atomic E-state index is -0.264. The molecule has 0 bridgehead atoms. The molecule has 0 radical (unpaired) electrons. The van der Waals surface area contributed by atoms with Crippen molar-refractivity contribution in [3.05, 3.63) is 18.2 Å². The molecule has 0 unspecified atom stereocenters. The van der Waals surface area contributed by atoms with Gasteiger partial charge in [0.2, 0.25) is 0 Å². The van der Waals surface area contributed by atoms with E-state index < -0.39 is 0 Å². The summed E-state index contributed by atoms with van der Waals surface area (Å²) in [7, 11) is 1.46. The van der Waals surface area contributed by atoms with Crippen LogP contribution in [-0.2, 0) is 4.79 Å². The third kappa shape index (κ3) is 3.37. The van der Waals surface area contributed by atoms with Gasteiger partial charge < -0.3 is 14.6 Å². The largest absolute Gasteiger partial charge is 0.504 e. The number of esters is 1. The standard InChI is InChI=1S/C13H18O4/c1-4-9(5-2)13(15)17-10-6-7-12(16-3)11(14)8-10/h6-9,14H,4-5H2,1-3H3. The van der Waals surface area contributed by atoms with Crippen LogP contribution in [0.4, 0.5) is 0 Å². The Bertz CT molecular complexity index is 383. The number of carbonyl (C=O) groups excluding carboxylic acids is 1. The second-order valence-electron chi connectivity index (χ2n) is 3.77. The Morgan fingerprint density at radius 2 is 2.00 bits per heavy atom. The number of aromatic hydroxyl groups is 1. The second kappa shape index (κ2) is 6.13. The maximum Gasteiger partial charge on any atom is 0.314 e. The van der Waals surface area contributed by atoms with Crippen molar-refractivity contribution >= 4 is 5.97 Å². The first kappa shape index (κ1) is 13.4. The summed E-state index contributed by atoms with van der Waals surface area (Å²) in [6, 6.07) is 4.53. The topological polar surface area (TPSA) is 55.8 Å². The fraction of sp³-hybridized carbons (Fsp3) is 0.462. The Morgan fingerprint density at radius 3 is 2.47 bits per heavy atom. The lowest BCUT2D eigenvalue weighted by atomic mass is 10.0. The smallest absolute Gasteiger partial charge is 0.314 e. The summed E-state index contributed by atoms with van der Waals surface area (Å²) in [5, 5.41) is 9.54. The average Bonchev–Trinajstić information content (AvgIpc) is 2.31. The summed E-state index contributed by atoms with van der Waals surface area (Å²) < 4.78 is 10.1. The normalized spacial score (nSPS) is 10.4. The van der Waals surface area contributed by atoms with E-state index in [-0.39, 0.29) is 17.6 Å². The van der Waals surface area contributed by atoms with Gasteiger partial charge in [0, 0.05) is 6.07 Å². The van der Waals surface area contributed by atoms with E-state index in [9.17, 15) is 9.90 Å². The molecule has 0 aromatic heterocycles. The van der Waals surface area contributed by atoms with Gasteiger partial charge in [-0.2, -0.15) is 0 Å². The molecule has 0 aliphatic rings. The molecule has 0 aliphatic heterocycles. The van der Waals surface area contributed by atoms with E-state index in [1.165, 1.54) is 13.2 Å². The number of ether oxygens (including phenoxy) is 2. The quantitative estimate of drug-likeness (QED) is 0.633. The van der Waals surface area contributed by atoms with Gasteiger partial charge in [0.25, 0.3) is 0 Å². The number of phenolic OH excluding ortho intramolecular Hbond substituents is 1. The Labute approximate surface area is 101 Å². The molecule has 4 nitrogen and oxygen atoms in total. The van der Waals surface area contributed by atoms with Gasteiger partial charge >= 0.3 is 5.97 Å². The van der Waals surface area contributed by atoms with Crippen LogP contribution in [0.1, 0.15) is 26.7 Å². The predicted octanol–water partition coefficient (Wildman–Crippen LogP) is 2.74. The van der Waals surface area contributed by atoms with Crippen molar-refractivity contribution in [2.75, 3.05) is 7.11 Å². The lowest BCUT2D eigenvalue weighted by Crippen LogP contribution is -2.19. The van der Waals surface area contributed by atoms with Gasteiger partial charge in [-0.1, -0.05) is 13.8 Å². The van der Waals surface area contributed by atoms with E-state index in [0.29, 0.717) is 11.5 Å². The predicted molar refractivity (Wildman–Crippen MR) is 64.4 cm³/mol. The van der Waals surface area contributed by atoms with Crippen molar-refractivity contribution in [2.24, 2.45) is 5.92 Å². The molecule has 0 heterocycles. The summed E-state index contributed by atoms with van der Waals surface area (Å²) in [6.07, 6.45) is 1.49. The third-order valence-electron chi connectivity index (χ3n) is 2.69. The molecule has 1 N–H and O–H groups in total. The zero-order valence-corrected chi connectivity index (χ0v) is 10.4. The lowest BCUT2D eigenvalue weighted by Gasteiger charge is -2.12. The van der Waals surface area contributed by atoms with Crippen LogP contribution in [0, 0.1) is 5.92 Å². The Morgan fingerprint density at radius 1 is 1.35 bits per heavy atom. The number of benzene rings is 1. The molecule has 0 spiro atoms. The van der Waals surface area contributed by atoms with E-state index in [1.807, 2.05) is 13.8 Å². The number of hydrogen-bond acceptors (Lipinski definition) is 4. The van der Waals surface area contributed by atoms with Crippen molar-refractivity contribution in [3.63, 3.8) is 0 Å². The minimum absolute atomic E-state index is 0.0395. The van der Waals surface area contributed by atoms with Gasteiger partial charge in [0.1, 0.15) is 5.75 Å². The Kier molecular flexibility index (Phi) is 4.82. The fourth-order valence-electron chi connectivity index (χ4n) is 1.55. The van der Waals surface area contributed by atoms with Crippen LogP contribution < -0.4 is 9.47 Å². The number of phenols is 1. The zero-order chi connectivity index (χ0) is 12.8. The van der Waals surface area contributed by atoms with Crippen LogP contribution in [0.25, 0.3) is 0 Å². The van der Waals surface area contributed by atoms with Gasteiger partial charge in [-0.05, 0) is 25.0 Å². The molecule has 0 atom stereocenters. The van der Waals surface area contributed by atoms with Crippen molar-refractivity contribution in [3.8, 4) is 17.2 Å². The van der Waals surface area contributed by atoms with Crippen molar-refractivity contribution in [1.82, 2.24) is 0 Å². The Balaban J connectivity index is 2.75. The molecule has 0 saturated heterocycles. The molecule has 17 heavy (non-hydrogen) atoms. The number of carbonyl (C=O) groups is 1. The van der Waals surface area contributed by atoms with Gasteiger partial charge in [0.05, 0.1) is 13.0 Å². The molecule has 0 fully saturated rings. The molecule has 0 aliphatic carbocycles. The first-order valence-electron chi connectivity index (χ1n) is 5.71. The molecule has 1 rings (SSSR count). The maximum absolute atomic E-state index is 11.7. The highest BCUT2D eigenvalue weighted by Gasteiger charge is 2.17. The first-order chi connectivity index (χ1) is 8.12. The van der Waals surface area contributed by atoms with Gasteiger partial charge in [-0.25, -0.2) is 0 Å². The lowest BCUT2D eigenvalue weighted by molar-refractivity contribution is -0.139. The van der Waals surface area contributed by atoms with E-state index >= 15 is 0 Å². The fourth-order valence-corrected chi connectivity index (χ4v) is 1.55. The van der Waals surface area contributed by atoms with Crippen LogP contribution in [0.5, 0.6) is 17.2 Å². The van der Waals surface area contributed by atoms with E-state index in [0.717, 1.165) is 12.8 Å². The van der Waals surface area contributed by atoms with Gasteiger partial charge in [-0.15, -0.1) is 0 Å². The molecule has 94 valence electrons. The summed E-state index contributed by atoms with van der Waals surface area (Å²) >= 11 is 0. The van der Waals surface area contributed by atoms with E-state index in [1.54, 1.807) is 12.1 Å². The van der Waals surface area contributed by atoms with Crippen LogP contribution in [0.15, 0.2) is 18.2 Å². The maximum atomic E-state index is 11.7. The van der Waals surface area contributed by atoms with Gasteiger partial charge in [0.15, 0.2) is 11.5 Å². The van der Waals surface area contributed by atoms with E-state index in [4.69, 9.17) is 9.47 Å². The molecule has 1 aromatic rings. The highest BCUT2D eigenvalue weighted by atomic mass is 16.5. The number of hydrogen-bond donors (Lipinski definition) is 1. The second-order valence-corrected chi connectivity index (χ2v) is 3.77. The molecular weight excluding hydrogens is 220 g/mol. The number of methoxy groups -OCH3 is 1. The van der Waals surface area contributed by atoms with Crippen LogP contribution in [0.2, 0.25) is 0 Å². The monoisotopic (exact) mass is 238 g/mol.